The second-order valence-corrected chi connectivity index (χ2v) is 5.26. The molecule has 2 rings (SSSR count). The van der Waals surface area contributed by atoms with E-state index in [4.69, 9.17) is 9.47 Å². The van der Waals surface area contributed by atoms with Crippen LogP contribution in [0.25, 0.3) is 0 Å². The van der Waals surface area contributed by atoms with Gasteiger partial charge in [-0.15, -0.1) is 0 Å². The number of hydrogen-bond donors (Lipinski definition) is 1. The Balaban J connectivity index is 1.95. The van der Waals surface area contributed by atoms with E-state index in [0.29, 0.717) is 18.7 Å². The molecule has 0 aliphatic carbocycles. The monoisotopic (exact) mass is 267 g/mol. The Hall–Kier alpha value is -1.40. The molecule has 2 heterocycles. The number of carbonyl (C=O) groups excluding carboxylic acids is 1. The van der Waals surface area contributed by atoms with Crippen LogP contribution in [-0.4, -0.2) is 42.1 Å². The topological polar surface area (TPSA) is 65.4 Å². The number of aromatic nitrogens is 2. The van der Waals surface area contributed by atoms with Crippen molar-refractivity contribution in [3.63, 3.8) is 0 Å². The first kappa shape index (κ1) is 14.0. The van der Waals surface area contributed by atoms with Crippen LogP contribution in [0.1, 0.15) is 29.9 Å². The molecule has 1 aliphatic heterocycles. The zero-order valence-corrected chi connectivity index (χ0v) is 11.7. The lowest BCUT2D eigenvalue weighted by Crippen LogP contribution is -2.47. The summed E-state index contributed by atoms with van der Waals surface area (Å²) in [5.74, 6) is -0.314. The fraction of sp³-hybridized carbons (Fsp3) is 0.692. The molecule has 1 aromatic heterocycles. The lowest BCUT2D eigenvalue weighted by molar-refractivity contribution is -0.0992. The highest BCUT2D eigenvalue weighted by molar-refractivity contribution is 5.90. The van der Waals surface area contributed by atoms with Crippen LogP contribution in [0.15, 0.2) is 6.20 Å². The lowest BCUT2D eigenvalue weighted by atomic mass is 9.89. The molecule has 0 saturated carbocycles. The van der Waals surface area contributed by atoms with Gasteiger partial charge in [-0.05, 0) is 6.92 Å². The summed E-state index contributed by atoms with van der Waals surface area (Å²) in [4.78, 5) is 11.8. The van der Waals surface area contributed by atoms with Crippen LogP contribution in [0.2, 0.25) is 0 Å². The Morgan fingerprint density at radius 3 is 2.95 bits per heavy atom. The molecular weight excluding hydrogens is 246 g/mol. The predicted octanol–water partition coefficient (Wildman–Crippen LogP) is 0.723. The van der Waals surface area contributed by atoms with E-state index in [0.717, 1.165) is 25.5 Å². The Kier molecular flexibility index (Phi) is 4.21. The molecule has 0 spiro atoms. The number of nitrogens with one attached hydrogen (secondary N) is 1. The molecule has 19 heavy (non-hydrogen) atoms. The van der Waals surface area contributed by atoms with E-state index < -0.39 is 0 Å². The fourth-order valence-electron chi connectivity index (χ4n) is 2.09. The maximum atomic E-state index is 11.8. The molecule has 0 aromatic carbocycles. The third kappa shape index (κ3) is 3.13. The molecule has 6 heteroatoms. The average Bonchev–Trinajstić information content (AvgIpc) is 2.69. The molecule has 1 N–H and O–H groups in total. The number of carbonyl (C=O) groups is 1. The van der Waals surface area contributed by atoms with Crippen molar-refractivity contribution in [2.75, 3.05) is 26.4 Å². The minimum absolute atomic E-state index is 0.211. The van der Waals surface area contributed by atoms with Crippen molar-refractivity contribution in [2.45, 2.75) is 20.4 Å². The summed E-state index contributed by atoms with van der Waals surface area (Å²) in [7, 11) is 1.83. The SMILES string of the molecule is CCOC(=O)c1cnn(C)c1CNCC1(C)COC1. The Morgan fingerprint density at radius 2 is 2.37 bits per heavy atom. The van der Waals surface area contributed by atoms with Gasteiger partial charge in [-0.3, -0.25) is 4.68 Å². The number of nitrogens with zero attached hydrogens (tertiary/aromatic N) is 2. The second kappa shape index (κ2) is 5.71. The van der Waals surface area contributed by atoms with Crippen LogP contribution in [0.5, 0.6) is 0 Å². The van der Waals surface area contributed by atoms with Gasteiger partial charge < -0.3 is 14.8 Å². The number of aryl methyl sites for hydroxylation is 1. The van der Waals surface area contributed by atoms with Crippen molar-refractivity contribution in [2.24, 2.45) is 12.5 Å². The van der Waals surface area contributed by atoms with Crippen LogP contribution >= 0.6 is 0 Å². The predicted molar refractivity (Wildman–Crippen MR) is 69.8 cm³/mol. The van der Waals surface area contributed by atoms with Gasteiger partial charge in [-0.1, -0.05) is 6.92 Å². The number of esters is 1. The van der Waals surface area contributed by atoms with Crippen LogP contribution in [0, 0.1) is 5.41 Å². The molecule has 6 nitrogen and oxygen atoms in total. The molecule has 1 saturated heterocycles. The highest BCUT2D eigenvalue weighted by Crippen LogP contribution is 2.25. The maximum absolute atomic E-state index is 11.8. The zero-order chi connectivity index (χ0) is 13.9. The first-order valence-corrected chi connectivity index (χ1v) is 6.52. The molecule has 0 bridgehead atoms. The second-order valence-electron chi connectivity index (χ2n) is 5.26. The van der Waals surface area contributed by atoms with E-state index in [1.165, 1.54) is 0 Å². The van der Waals surface area contributed by atoms with E-state index in [-0.39, 0.29) is 11.4 Å². The Labute approximate surface area is 113 Å². The lowest BCUT2D eigenvalue weighted by Gasteiger charge is -2.38. The van der Waals surface area contributed by atoms with Crippen molar-refractivity contribution < 1.29 is 14.3 Å². The minimum atomic E-state index is -0.314. The largest absolute Gasteiger partial charge is 0.462 e. The third-order valence-electron chi connectivity index (χ3n) is 3.30. The molecule has 1 fully saturated rings. The van der Waals surface area contributed by atoms with Crippen molar-refractivity contribution in [3.8, 4) is 0 Å². The molecule has 0 amide bonds. The van der Waals surface area contributed by atoms with Gasteiger partial charge >= 0.3 is 5.97 Å². The molecule has 1 aliphatic rings. The summed E-state index contributed by atoms with van der Waals surface area (Å²) in [6, 6.07) is 0. The fourth-order valence-corrected chi connectivity index (χ4v) is 2.09. The molecule has 0 radical (unpaired) electrons. The minimum Gasteiger partial charge on any atom is -0.462 e. The molecular formula is C13H21N3O3. The van der Waals surface area contributed by atoms with E-state index in [1.807, 2.05) is 7.05 Å². The van der Waals surface area contributed by atoms with Crippen LogP contribution in [0.4, 0.5) is 0 Å². The van der Waals surface area contributed by atoms with Gasteiger partial charge in [0.05, 0.1) is 31.7 Å². The van der Waals surface area contributed by atoms with Gasteiger partial charge in [0, 0.05) is 25.6 Å². The first-order chi connectivity index (χ1) is 9.06. The van der Waals surface area contributed by atoms with Gasteiger partial charge in [0.15, 0.2) is 0 Å². The Morgan fingerprint density at radius 1 is 1.63 bits per heavy atom. The molecule has 1 aromatic rings. The van der Waals surface area contributed by atoms with Crippen molar-refractivity contribution in [1.29, 1.82) is 0 Å². The first-order valence-electron chi connectivity index (χ1n) is 6.52. The summed E-state index contributed by atoms with van der Waals surface area (Å²) in [6.07, 6.45) is 1.56. The van der Waals surface area contributed by atoms with E-state index >= 15 is 0 Å². The quantitative estimate of drug-likeness (QED) is 0.769. The van der Waals surface area contributed by atoms with Gasteiger partial charge in [0.2, 0.25) is 0 Å². The van der Waals surface area contributed by atoms with Gasteiger partial charge in [-0.2, -0.15) is 5.10 Å². The molecule has 106 valence electrons. The van der Waals surface area contributed by atoms with Crippen LogP contribution in [-0.2, 0) is 23.1 Å². The van der Waals surface area contributed by atoms with Gasteiger partial charge in [0.25, 0.3) is 0 Å². The molecule has 0 atom stereocenters. The maximum Gasteiger partial charge on any atom is 0.341 e. The summed E-state index contributed by atoms with van der Waals surface area (Å²) < 4.78 is 11.9. The van der Waals surface area contributed by atoms with Gasteiger partial charge in [0.1, 0.15) is 5.56 Å². The van der Waals surface area contributed by atoms with Crippen molar-refractivity contribution >= 4 is 5.97 Å². The smallest absolute Gasteiger partial charge is 0.341 e. The Bertz CT molecular complexity index is 452. The van der Waals surface area contributed by atoms with Gasteiger partial charge in [-0.25, -0.2) is 4.79 Å². The van der Waals surface area contributed by atoms with E-state index in [9.17, 15) is 4.79 Å². The summed E-state index contributed by atoms with van der Waals surface area (Å²) >= 11 is 0. The van der Waals surface area contributed by atoms with Crippen molar-refractivity contribution in [3.05, 3.63) is 17.5 Å². The van der Waals surface area contributed by atoms with E-state index in [1.54, 1.807) is 17.8 Å². The average molecular weight is 267 g/mol. The highest BCUT2D eigenvalue weighted by Gasteiger charge is 2.32. The van der Waals surface area contributed by atoms with Crippen LogP contribution < -0.4 is 5.32 Å². The number of ether oxygens (including phenoxy) is 2. The highest BCUT2D eigenvalue weighted by atomic mass is 16.5. The van der Waals surface area contributed by atoms with Crippen LogP contribution in [0.3, 0.4) is 0 Å². The number of hydrogen-bond acceptors (Lipinski definition) is 5. The summed E-state index contributed by atoms with van der Waals surface area (Å²) in [5, 5.41) is 7.48. The third-order valence-corrected chi connectivity index (χ3v) is 3.30. The normalized spacial score (nSPS) is 17.0. The number of rotatable bonds is 6. The molecule has 0 unspecified atom stereocenters. The standard InChI is InChI=1S/C13H21N3O3/c1-4-19-12(17)10-5-15-16(3)11(10)6-14-7-13(2)8-18-9-13/h5,14H,4,6-9H2,1-3H3. The summed E-state index contributed by atoms with van der Waals surface area (Å²) in [6.45, 7) is 7.38. The summed E-state index contributed by atoms with van der Waals surface area (Å²) in [5.41, 5.74) is 1.59. The van der Waals surface area contributed by atoms with E-state index in [2.05, 4.69) is 17.3 Å². The zero-order valence-electron chi connectivity index (χ0n) is 11.7. The van der Waals surface area contributed by atoms with Crippen molar-refractivity contribution in [1.82, 2.24) is 15.1 Å².